The van der Waals surface area contributed by atoms with Crippen molar-refractivity contribution in [1.29, 1.82) is 0 Å². The first-order valence-corrected chi connectivity index (χ1v) is 7.38. The van der Waals surface area contributed by atoms with Crippen molar-refractivity contribution >= 4 is 53.3 Å². The van der Waals surface area contributed by atoms with E-state index in [-0.39, 0.29) is 29.6 Å². The van der Waals surface area contributed by atoms with E-state index in [4.69, 9.17) is 0 Å². The third kappa shape index (κ3) is 3.97. The molecule has 0 atom stereocenters. The van der Waals surface area contributed by atoms with Gasteiger partial charge >= 0.3 is 0 Å². The molecule has 4 heterocycles. The van der Waals surface area contributed by atoms with E-state index < -0.39 is 0 Å². The molecule has 111 valence electrons. The van der Waals surface area contributed by atoms with E-state index in [2.05, 4.69) is 20.0 Å². The molecule has 4 rings (SSSR count). The van der Waals surface area contributed by atoms with Crippen molar-refractivity contribution in [2.45, 2.75) is 0 Å². The summed E-state index contributed by atoms with van der Waals surface area (Å²) in [6.45, 7) is 0. The van der Waals surface area contributed by atoms with Crippen molar-refractivity contribution in [2.75, 3.05) is 0 Å². The molecule has 0 fully saturated rings. The molecule has 3 aliphatic rings. The Balaban J connectivity index is 0.00000169. The summed E-state index contributed by atoms with van der Waals surface area (Å²) in [7, 11) is 0. The van der Waals surface area contributed by atoms with Gasteiger partial charge in [0.1, 0.15) is 0 Å². The van der Waals surface area contributed by atoms with Crippen LogP contribution in [0.5, 0.6) is 0 Å². The van der Waals surface area contributed by atoms with E-state index in [0.717, 1.165) is 34.2 Å². The van der Waals surface area contributed by atoms with Gasteiger partial charge in [0.25, 0.3) is 0 Å². The molecule has 1 aromatic rings. The summed E-state index contributed by atoms with van der Waals surface area (Å²) in [5, 5.41) is 0. The molecular weight excluding hydrogens is 307 g/mol. The van der Waals surface area contributed by atoms with E-state index in [9.17, 15) is 0 Å². The van der Waals surface area contributed by atoms with Gasteiger partial charge in [-0.05, 0) is 66.8 Å². The van der Waals surface area contributed by atoms with Gasteiger partial charge in [-0.3, -0.25) is 4.99 Å². The summed E-state index contributed by atoms with van der Waals surface area (Å²) in [4.78, 5) is 16.5. The van der Waals surface area contributed by atoms with E-state index in [1.165, 1.54) is 0 Å². The molecule has 0 saturated carbocycles. The minimum atomic E-state index is 0. The second-order valence-corrected chi connectivity index (χ2v) is 5.21. The van der Waals surface area contributed by atoms with Crippen LogP contribution in [0, 0.1) is 0 Å². The number of allylic oxidation sites excluding steroid dienone is 8. The van der Waals surface area contributed by atoms with Crippen LogP contribution in [0.2, 0.25) is 0 Å². The van der Waals surface area contributed by atoms with Crippen molar-refractivity contribution < 1.29 is 0 Å². The molecule has 0 saturated heterocycles. The van der Waals surface area contributed by atoms with Gasteiger partial charge in [0.05, 0.1) is 28.5 Å². The fourth-order valence-electron chi connectivity index (χ4n) is 2.41. The maximum absolute atomic E-state index is 4.57. The van der Waals surface area contributed by atoms with Gasteiger partial charge < -0.3 is 4.98 Å². The van der Waals surface area contributed by atoms with E-state index in [1.807, 2.05) is 73.0 Å². The van der Waals surface area contributed by atoms with Gasteiger partial charge in [-0.1, -0.05) is 0 Å². The second-order valence-electron chi connectivity index (χ2n) is 5.21. The average molecular weight is 321 g/mol. The Morgan fingerprint density at radius 3 is 2.12 bits per heavy atom. The summed E-state index contributed by atoms with van der Waals surface area (Å²) in [6.07, 6.45) is 21.4. The summed E-state index contributed by atoms with van der Waals surface area (Å²) in [5.74, 6) is 0. The number of rotatable bonds is 3. The van der Waals surface area contributed by atoms with Gasteiger partial charge in [0, 0.05) is 47.7 Å². The second kappa shape index (κ2) is 7.53. The molecular formula is C19H14N4Na. The van der Waals surface area contributed by atoms with Crippen molar-refractivity contribution in [1.82, 2.24) is 4.98 Å². The fraction of sp³-hybridized carbons (Fsp3) is 0. The molecule has 0 aliphatic carbocycles. The molecule has 0 aromatic carbocycles. The Kier molecular flexibility index (Phi) is 5.20. The van der Waals surface area contributed by atoms with Crippen molar-refractivity contribution in [2.24, 2.45) is 15.0 Å². The fourth-order valence-corrected chi connectivity index (χ4v) is 2.41. The Bertz CT molecular complexity index is 887. The topological polar surface area (TPSA) is 52.9 Å². The molecule has 1 radical (unpaired) electrons. The average Bonchev–Trinajstić information content (AvgIpc) is 3.31. The third-order valence-corrected chi connectivity index (χ3v) is 3.46. The minimum absolute atomic E-state index is 0. The quantitative estimate of drug-likeness (QED) is 0.830. The summed E-state index contributed by atoms with van der Waals surface area (Å²) in [5.41, 5.74) is 5.59. The van der Waals surface area contributed by atoms with Crippen molar-refractivity contribution in [3.8, 4) is 0 Å². The normalized spacial score (nSPS) is 22.8. The van der Waals surface area contributed by atoms with Crippen molar-refractivity contribution in [3.05, 3.63) is 89.7 Å². The predicted molar refractivity (Wildman–Crippen MR) is 101 cm³/mol. The summed E-state index contributed by atoms with van der Waals surface area (Å²) in [6, 6.07) is 3.98. The Morgan fingerprint density at radius 1 is 0.792 bits per heavy atom. The first kappa shape index (κ1) is 16.6. The smallest absolute Gasteiger partial charge is 0.0659 e. The van der Waals surface area contributed by atoms with Gasteiger partial charge in [0.2, 0.25) is 0 Å². The van der Waals surface area contributed by atoms with E-state index >= 15 is 0 Å². The first-order chi connectivity index (χ1) is 11.3. The summed E-state index contributed by atoms with van der Waals surface area (Å²) >= 11 is 0. The van der Waals surface area contributed by atoms with Crippen LogP contribution in [0.1, 0.15) is 5.69 Å². The number of hydrogen-bond acceptors (Lipinski definition) is 3. The molecule has 3 aliphatic heterocycles. The number of aromatic amines is 1. The molecule has 0 bridgehead atoms. The van der Waals surface area contributed by atoms with Crippen molar-refractivity contribution in [3.63, 3.8) is 0 Å². The molecule has 0 amide bonds. The van der Waals surface area contributed by atoms with Crippen LogP contribution in [-0.2, 0) is 0 Å². The van der Waals surface area contributed by atoms with Crippen LogP contribution in [0.15, 0.2) is 99.0 Å². The predicted octanol–water partition coefficient (Wildman–Crippen LogP) is 3.40. The standard InChI is InChI=1S/C19H14N4.Na/c1-3-14(20-9-1)11-16-5-7-18(22-16)13-19-8-6-17(23-19)12-15-4-2-10-21-15;/h1-13,20H;. The maximum atomic E-state index is 4.57. The Labute approximate surface area is 162 Å². The van der Waals surface area contributed by atoms with Gasteiger partial charge in [0.15, 0.2) is 0 Å². The van der Waals surface area contributed by atoms with Gasteiger partial charge in [-0.25, -0.2) is 9.98 Å². The van der Waals surface area contributed by atoms with Gasteiger partial charge in [-0.15, -0.1) is 0 Å². The number of aliphatic imine (C=N–C) groups is 3. The molecule has 1 N–H and O–H groups in total. The van der Waals surface area contributed by atoms with E-state index in [1.54, 1.807) is 6.21 Å². The number of aromatic nitrogens is 1. The Hall–Kier alpha value is -2.27. The zero-order chi connectivity index (χ0) is 15.5. The summed E-state index contributed by atoms with van der Waals surface area (Å²) < 4.78 is 0. The number of nitrogens with zero attached hydrogens (tertiary/aromatic N) is 3. The monoisotopic (exact) mass is 321 g/mol. The largest absolute Gasteiger partial charge is 0.362 e. The zero-order valence-electron chi connectivity index (χ0n) is 13.3. The van der Waals surface area contributed by atoms with Gasteiger partial charge in [-0.2, -0.15) is 0 Å². The molecule has 1 aromatic heterocycles. The zero-order valence-corrected chi connectivity index (χ0v) is 15.3. The molecule has 5 heteroatoms. The minimum Gasteiger partial charge on any atom is -0.362 e. The van der Waals surface area contributed by atoms with Crippen LogP contribution in [0.25, 0.3) is 6.08 Å². The van der Waals surface area contributed by atoms with Crippen LogP contribution >= 0.6 is 0 Å². The van der Waals surface area contributed by atoms with E-state index in [0.29, 0.717) is 0 Å². The third-order valence-electron chi connectivity index (χ3n) is 3.46. The van der Waals surface area contributed by atoms with Crippen LogP contribution < -0.4 is 0 Å². The van der Waals surface area contributed by atoms with Crippen LogP contribution in [0.3, 0.4) is 0 Å². The molecule has 24 heavy (non-hydrogen) atoms. The Morgan fingerprint density at radius 2 is 1.50 bits per heavy atom. The number of nitrogens with one attached hydrogen (secondary N) is 1. The van der Waals surface area contributed by atoms with Crippen LogP contribution in [-0.4, -0.2) is 52.2 Å². The number of hydrogen-bond donors (Lipinski definition) is 1. The number of H-pyrrole nitrogens is 1. The molecule has 0 spiro atoms. The maximum Gasteiger partial charge on any atom is 0.0659 e. The first-order valence-electron chi connectivity index (χ1n) is 7.38. The molecule has 4 nitrogen and oxygen atoms in total. The van der Waals surface area contributed by atoms with Crippen LogP contribution in [0.4, 0.5) is 0 Å². The molecule has 0 unspecified atom stereocenters. The SMILES string of the molecule is C1=CC(=CC2=NC(=CC3=NC(=Cc4ccc[nH]4)C=C3)C=C2)N=C1.[Na].